The summed E-state index contributed by atoms with van der Waals surface area (Å²) in [6.45, 7) is 4.79. The number of rotatable bonds is 8. The van der Waals surface area contributed by atoms with Crippen LogP contribution in [-0.2, 0) is 12.3 Å². The minimum Gasteiger partial charge on any atom is -0.481 e. The summed E-state index contributed by atoms with van der Waals surface area (Å²) >= 11 is 9.51. The molecule has 0 amide bonds. The molecule has 8 heteroatoms. The molecule has 2 aromatic heterocycles. The van der Waals surface area contributed by atoms with E-state index >= 15 is 0 Å². The summed E-state index contributed by atoms with van der Waals surface area (Å²) in [7, 11) is 0. The number of hydrogen-bond acceptors (Lipinski definition) is 6. The largest absolute Gasteiger partial charge is 0.481 e. The lowest BCUT2D eigenvalue weighted by Crippen LogP contribution is -2.12. The Morgan fingerprint density at radius 2 is 1.87 bits per heavy atom. The summed E-state index contributed by atoms with van der Waals surface area (Å²) < 4.78 is 8.11. The smallest absolute Gasteiger partial charge is 0.191 e. The number of benzene rings is 2. The molecule has 0 aliphatic carbocycles. The van der Waals surface area contributed by atoms with E-state index in [4.69, 9.17) is 21.3 Å². The first-order valence-electron chi connectivity index (χ1n) is 9.62. The van der Waals surface area contributed by atoms with Crippen LogP contribution in [0.2, 0.25) is 5.02 Å². The van der Waals surface area contributed by atoms with Gasteiger partial charge in [0.25, 0.3) is 0 Å². The number of para-hydroxylation sites is 1. The molecule has 0 N–H and O–H groups in total. The number of ether oxygens (including phenoxy) is 1. The van der Waals surface area contributed by atoms with Gasteiger partial charge in [-0.3, -0.25) is 0 Å². The van der Waals surface area contributed by atoms with Gasteiger partial charge in [-0.15, -0.1) is 21.5 Å². The van der Waals surface area contributed by atoms with Crippen molar-refractivity contribution >= 4 is 34.7 Å². The Kier molecular flexibility index (Phi) is 6.72. The zero-order chi connectivity index (χ0) is 20.9. The first-order valence-corrected chi connectivity index (χ1v) is 11.9. The van der Waals surface area contributed by atoms with E-state index in [0.29, 0.717) is 10.8 Å². The monoisotopic (exact) mass is 456 g/mol. The average molecular weight is 457 g/mol. The number of aromatic nitrogens is 4. The quantitative estimate of drug-likeness (QED) is 0.283. The maximum absolute atomic E-state index is 6.22. The van der Waals surface area contributed by atoms with Crippen LogP contribution in [0.4, 0.5) is 0 Å². The predicted octanol–water partition coefficient (Wildman–Crippen LogP) is 6.51. The Morgan fingerprint density at radius 1 is 1.10 bits per heavy atom. The first-order chi connectivity index (χ1) is 14.7. The van der Waals surface area contributed by atoms with E-state index in [1.54, 1.807) is 23.1 Å². The molecule has 1 unspecified atom stereocenters. The van der Waals surface area contributed by atoms with Crippen LogP contribution < -0.4 is 4.74 Å². The van der Waals surface area contributed by atoms with Gasteiger partial charge in [0.15, 0.2) is 17.1 Å². The van der Waals surface area contributed by atoms with E-state index in [2.05, 4.69) is 39.2 Å². The second-order valence-electron chi connectivity index (χ2n) is 6.57. The zero-order valence-electron chi connectivity index (χ0n) is 16.7. The summed E-state index contributed by atoms with van der Waals surface area (Å²) in [5.74, 6) is 2.16. The van der Waals surface area contributed by atoms with Crippen LogP contribution in [0.3, 0.4) is 0 Å². The van der Waals surface area contributed by atoms with E-state index in [-0.39, 0.29) is 6.10 Å². The van der Waals surface area contributed by atoms with Gasteiger partial charge in [0.1, 0.15) is 10.8 Å². The lowest BCUT2D eigenvalue weighted by Gasteiger charge is -2.16. The third kappa shape index (κ3) is 4.69. The normalized spacial score (nSPS) is 12.1. The summed E-state index contributed by atoms with van der Waals surface area (Å²) in [4.78, 5) is 4.76. The third-order valence-corrected chi connectivity index (χ3v) is 6.74. The van der Waals surface area contributed by atoms with Crippen LogP contribution in [0.25, 0.3) is 10.6 Å². The molecule has 4 aromatic rings. The molecule has 0 fully saturated rings. The van der Waals surface area contributed by atoms with Gasteiger partial charge in [-0.05, 0) is 26.0 Å². The van der Waals surface area contributed by atoms with Crippen molar-refractivity contribution in [3.63, 3.8) is 0 Å². The molecule has 0 saturated carbocycles. The zero-order valence-corrected chi connectivity index (χ0v) is 19.0. The van der Waals surface area contributed by atoms with Crippen LogP contribution in [0.5, 0.6) is 5.75 Å². The third-order valence-electron chi connectivity index (χ3n) is 4.49. The molecule has 1 atom stereocenters. The number of thiazole rings is 1. The topological polar surface area (TPSA) is 52.8 Å². The highest BCUT2D eigenvalue weighted by atomic mass is 35.5. The Hall–Kier alpha value is -2.35. The SMILES string of the molecule is CCn1c(SCc2csc(-c3ccccc3)n2)nnc1C(C)Oc1ccccc1Cl. The Labute approximate surface area is 189 Å². The highest BCUT2D eigenvalue weighted by Gasteiger charge is 2.20. The van der Waals surface area contributed by atoms with Crippen molar-refractivity contribution < 1.29 is 4.74 Å². The number of halogens is 1. The lowest BCUT2D eigenvalue weighted by atomic mass is 10.2. The molecule has 0 radical (unpaired) electrons. The molecule has 0 spiro atoms. The summed E-state index contributed by atoms with van der Waals surface area (Å²) in [5.41, 5.74) is 2.18. The minimum absolute atomic E-state index is 0.268. The molecular formula is C22H21ClN4OS2. The molecular weight excluding hydrogens is 436 g/mol. The van der Waals surface area contributed by atoms with E-state index in [9.17, 15) is 0 Å². The fourth-order valence-corrected chi connectivity index (χ4v) is 5.03. The maximum atomic E-state index is 6.22. The highest BCUT2D eigenvalue weighted by Crippen LogP contribution is 2.31. The van der Waals surface area contributed by atoms with Gasteiger partial charge in [0.05, 0.1) is 10.7 Å². The number of nitrogens with zero attached hydrogens (tertiary/aromatic N) is 4. The van der Waals surface area contributed by atoms with Gasteiger partial charge in [0, 0.05) is 23.2 Å². The van der Waals surface area contributed by atoms with Gasteiger partial charge >= 0.3 is 0 Å². The fraction of sp³-hybridized carbons (Fsp3) is 0.227. The maximum Gasteiger partial charge on any atom is 0.191 e. The first kappa shape index (κ1) is 20.9. The van der Waals surface area contributed by atoms with Crippen molar-refractivity contribution in [2.45, 2.75) is 37.4 Å². The second-order valence-corrected chi connectivity index (χ2v) is 8.78. The lowest BCUT2D eigenvalue weighted by molar-refractivity contribution is 0.210. The van der Waals surface area contributed by atoms with Gasteiger partial charge in [0.2, 0.25) is 0 Å². The van der Waals surface area contributed by atoms with Gasteiger partial charge < -0.3 is 9.30 Å². The molecule has 154 valence electrons. The molecule has 4 rings (SSSR count). The van der Waals surface area contributed by atoms with Gasteiger partial charge in [-0.25, -0.2) is 4.98 Å². The van der Waals surface area contributed by atoms with Crippen molar-refractivity contribution in [2.24, 2.45) is 0 Å². The molecule has 0 bridgehead atoms. The van der Waals surface area contributed by atoms with Crippen molar-refractivity contribution in [1.29, 1.82) is 0 Å². The van der Waals surface area contributed by atoms with E-state index in [1.165, 1.54) is 0 Å². The van der Waals surface area contributed by atoms with Crippen LogP contribution in [0.1, 0.15) is 31.5 Å². The van der Waals surface area contributed by atoms with E-state index in [1.807, 2.05) is 49.4 Å². The van der Waals surface area contributed by atoms with Crippen molar-refractivity contribution in [1.82, 2.24) is 19.7 Å². The van der Waals surface area contributed by atoms with Crippen molar-refractivity contribution in [2.75, 3.05) is 0 Å². The summed E-state index contributed by atoms with van der Waals surface area (Å²) in [6, 6.07) is 17.7. The van der Waals surface area contributed by atoms with Crippen LogP contribution in [0.15, 0.2) is 65.1 Å². The van der Waals surface area contributed by atoms with Crippen LogP contribution in [0, 0.1) is 0 Å². The average Bonchev–Trinajstić information content (AvgIpc) is 3.41. The van der Waals surface area contributed by atoms with Crippen molar-refractivity contribution in [3.8, 4) is 16.3 Å². The minimum atomic E-state index is -0.268. The summed E-state index contributed by atoms with van der Waals surface area (Å²) in [5, 5.41) is 13.4. The van der Waals surface area contributed by atoms with Gasteiger partial charge in [-0.1, -0.05) is 65.8 Å². The van der Waals surface area contributed by atoms with Gasteiger partial charge in [-0.2, -0.15) is 0 Å². The van der Waals surface area contributed by atoms with Crippen molar-refractivity contribution in [3.05, 3.63) is 76.5 Å². The van der Waals surface area contributed by atoms with Crippen LogP contribution in [-0.4, -0.2) is 19.7 Å². The van der Waals surface area contributed by atoms with E-state index < -0.39 is 0 Å². The second kappa shape index (κ2) is 9.64. The number of thioether (sulfide) groups is 1. The summed E-state index contributed by atoms with van der Waals surface area (Å²) in [6.07, 6.45) is -0.268. The Bertz CT molecular complexity index is 1110. The Morgan fingerprint density at radius 3 is 2.63 bits per heavy atom. The molecule has 0 aliphatic rings. The van der Waals surface area contributed by atoms with Crippen LogP contribution >= 0.6 is 34.7 Å². The standard InChI is InChI=1S/C22H21ClN4OS2/c1-3-27-20(15(2)28-19-12-8-7-11-18(19)23)25-26-22(27)30-14-17-13-29-21(24-17)16-9-5-4-6-10-16/h4-13,15H,3,14H2,1-2H3. The predicted molar refractivity (Wildman–Crippen MR) is 123 cm³/mol. The fourth-order valence-electron chi connectivity index (χ4n) is 3.01. The van der Waals surface area contributed by atoms with E-state index in [0.717, 1.165) is 39.5 Å². The number of hydrogen-bond donors (Lipinski definition) is 0. The molecule has 0 saturated heterocycles. The molecule has 2 heterocycles. The molecule has 2 aromatic carbocycles. The highest BCUT2D eigenvalue weighted by molar-refractivity contribution is 7.98. The molecule has 30 heavy (non-hydrogen) atoms. The molecule has 0 aliphatic heterocycles. The Balaban J connectivity index is 1.45. The molecule has 5 nitrogen and oxygen atoms in total.